The molecule has 2 atom stereocenters. The van der Waals surface area contributed by atoms with Crippen molar-refractivity contribution in [2.24, 2.45) is 0 Å². The first-order chi connectivity index (χ1) is 14.3. The molecule has 3 aromatic carbocycles. The van der Waals surface area contributed by atoms with Crippen molar-refractivity contribution >= 4 is 0 Å². The summed E-state index contributed by atoms with van der Waals surface area (Å²) in [6.45, 7) is 1.64. The van der Waals surface area contributed by atoms with Crippen LogP contribution in [0.4, 0.5) is 0 Å². The lowest BCUT2D eigenvalue weighted by Gasteiger charge is -2.35. The minimum absolute atomic E-state index is 0.0376. The van der Waals surface area contributed by atoms with Gasteiger partial charge >= 0.3 is 0 Å². The molecule has 0 saturated carbocycles. The second-order valence-corrected chi connectivity index (χ2v) is 7.57. The molecule has 3 rings (SSSR count). The predicted octanol–water partition coefficient (Wildman–Crippen LogP) is 4.43. The summed E-state index contributed by atoms with van der Waals surface area (Å²) in [6, 6.07) is 31.2. The van der Waals surface area contributed by atoms with Crippen LogP contribution in [0, 0.1) is 0 Å². The van der Waals surface area contributed by atoms with E-state index >= 15 is 0 Å². The van der Waals surface area contributed by atoms with E-state index in [9.17, 15) is 10.2 Å². The van der Waals surface area contributed by atoms with Crippen LogP contribution in [-0.2, 0) is 19.5 Å². The number of hydrogen-bond acceptors (Lipinski definition) is 3. The summed E-state index contributed by atoms with van der Waals surface area (Å²) in [7, 11) is 0. The lowest BCUT2D eigenvalue weighted by atomic mass is 9.95. The minimum Gasteiger partial charge on any atom is -0.396 e. The van der Waals surface area contributed by atoms with Crippen LogP contribution < -0.4 is 0 Å². The van der Waals surface area contributed by atoms with Crippen LogP contribution in [0.5, 0.6) is 0 Å². The molecule has 0 amide bonds. The molecule has 0 saturated heterocycles. The summed E-state index contributed by atoms with van der Waals surface area (Å²) in [4.78, 5) is 2.37. The number of aliphatic hydroxyl groups excluding tert-OH is 2. The van der Waals surface area contributed by atoms with E-state index in [-0.39, 0.29) is 12.6 Å². The Hall–Kier alpha value is -2.46. The van der Waals surface area contributed by atoms with Crippen molar-refractivity contribution in [2.45, 2.75) is 44.5 Å². The highest BCUT2D eigenvalue weighted by Gasteiger charge is 2.26. The van der Waals surface area contributed by atoms with Gasteiger partial charge in [0.15, 0.2) is 0 Å². The fourth-order valence-electron chi connectivity index (χ4n) is 3.78. The highest BCUT2D eigenvalue weighted by Crippen LogP contribution is 2.21. The number of nitrogens with zero attached hydrogens (tertiary/aromatic N) is 1. The van der Waals surface area contributed by atoms with Gasteiger partial charge in [0, 0.05) is 25.7 Å². The van der Waals surface area contributed by atoms with Gasteiger partial charge < -0.3 is 10.2 Å². The van der Waals surface area contributed by atoms with E-state index in [4.69, 9.17) is 0 Å². The predicted molar refractivity (Wildman–Crippen MR) is 118 cm³/mol. The third kappa shape index (κ3) is 6.82. The van der Waals surface area contributed by atoms with Crippen LogP contribution in [0.25, 0.3) is 0 Å². The molecule has 3 aromatic rings. The Labute approximate surface area is 174 Å². The Morgan fingerprint density at radius 1 is 0.655 bits per heavy atom. The van der Waals surface area contributed by atoms with E-state index in [2.05, 4.69) is 65.6 Å². The lowest BCUT2D eigenvalue weighted by molar-refractivity contribution is 0.0301. The Kier molecular flexibility index (Phi) is 8.44. The molecular weight excluding hydrogens is 358 g/mol. The molecule has 3 heteroatoms. The maximum Gasteiger partial charge on any atom is 0.0699 e. The summed E-state index contributed by atoms with van der Waals surface area (Å²) >= 11 is 0. The van der Waals surface area contributed by atoms with Crippen LogP contribution in [0.15, 0.2) is 91.0 Å². The molecule has 0 aromatic heterocycles. The fraction of sp³-hybridized carbons (Fsp3) is 0.308. The Balaban J connectivity index is 1.88. The quantitative estimate of drug-likeness (QED) is 0.510. The Bertz CT molecular complexity index is 766. The molecule has 152 valence electrons. The molecule has 0 aliphatic rings. The molecule has 0 fully saturated rings. The first kappa shape index (κ1) is 21.3. The standard InChI is InChI=1S/C26H31NO2/c28-18-10-17-26(29)25(19-22-11-4-1-5-12-22)27(20-23-13-6-2-7-14-23)21-24-15-8-3-9-16-24/h1-9,11-16,25-26,28-29H,10,17-21H2/t25-,26+/m0/s1. The normalized spacial score (nSPS) is 13.3. The molecule has 0 heterocycles. The van der Waals surface area contributed by atoms with E-state index in [0.29, 0.717) is 12.8 Å². The van der Waals surface area contributed by atoms with Crippen LogP contribution in [0.3, 0.4) is 0 Å². The van der Waals surface area contributed by atoms with Gasteiger partial charge in [-0.3, -0.25) is 4.90 Å². The van der Waals surface area contributed by atoms with Gasteiger partial charge in [0.1, 0.15) is 0 Å². The molecule has 0 aliphatic heterocycles. The van der Waals surface area contributed by atoms with Crippen LogP contribution in [-0.4, -0.2) is 33.9 Å². The third-order valence-electron chi connectivity index (χ3n) is 5.32. The number of aliphatic hydroxyl groups is 2. The molecule has 29 heavy (non-hydrogen) atoms. The van der Waals surface area contributed by atoms with Gasteiger partial charge in [-0.15, -0.1) is 0 Å². The molecule has 0 aliphatic carbocycles. The maximum absolute atomic E-state index is 11.1. The van der Waals surface area contributed by atoms with Gasteiger partial charge in [0.2, 0.25) is 0 Å². The number of rotatable bonds is 11. The SMILES string of the molecule is OCCC[C@@H](O)[C@H](Cc1ccccc1)N(Cc1ccccc1)Cc1ccccc1. The van der Waals surface area contributed by atoms with E-state index in [0.717, 1.165) is 19.5 Å². The molecule has 0 spiro atoms. The number of benzene rings is 3. The van der Waals surface area contributed by atoms with E-state index in [1.54, 1.807) is 0 Å². The first-order valence-electron chi connectivity index (χ1n) is 10.4. The molecular formula is C26H31NO2. The van der Waals surface area contributed by atoms with Gasteiger partial charge in [0.05, 0.1) is 6.10 Å². The zero-order valence-electron chi connectivity index (χ0n) is 16.9. The minimum atomic E-state index is -0.505. The van der Waals surface area contributed by atoms with Crippen molar-refractivity contribution in [3.05, 3.63) is 108 Å². The highest BCUT2D eigenvalue weighted by atomic mass is 16.3. The largest absolute Gasteiger partial charge is 0.396 e. The first-order valence-corrected chi connectivity index (χ1v) is 10.4. The fourth-order valence-corrected chi connectivity index (χ4v) is 3.78. The van der Waals surface area contributed by atoms with Crippen molar-refractivity contribution in [3.8, 4) is 0 Å². The van der Waals surface area contributed by atoms with Crippen molar-refractivity contribution in [1.82, 2.24) is 4.90 Å². The van der Waals surface area contributed by atoms with Crippen LogP contribution in [0.2, 0.25) is 0 Å². The van der Waals surface area contributed by atoms with Crippen molar-refractivity contribution in [3.63, 3.8) is 0 Å². The highest BCUT2D eigenvalue weighted by molar-refractivity contribution is 5.20. The van der Waals surface area contributed by atoms with E-state index in [1.165, 1.54) is 16.7 Å². The van der Waals surface area contributed by atoms with Gasteiger partial charge in [-0.2, -0.15) is 0 Å². The maximum atomic E-state index is 11.1. The topological polar surface area (TPSA) is 43.7 Å². The van der Waals surface area contributed by atoms with E-state index in [1.807, 2.05) is 30.3 Å². The number of hydrogen-bond donors (Lipinski definition) is 2. The van der Waals surface area contributed by atoms with Crippen molar-refractivity contribution < 1.29 is 10.2 Å². The van der Waals surface area contributed by atoms with Gasteiger partial charge in [-0.05, 0) is 36.0 Å². The third-order valence-corrected chi connectivity index (χ3v) is 5.32. The summed E-state index contributed by atoms with van der Waals surface area (Å²) in [5.41, 5.74) is 3.68. The van der Waals surface area contributed by atoms with Crippen LogP contribution >= 0.6 is 0 Å². The summed E-state index contributed by atoms with van der Waals surface area (Å²) in [5.74, 6) is 0. The average molecular weight is 390 g/mol. The molecule has 0 radical (unpaired) electrons. The second-order valence-electron chi connectivity index (χ2n) is 7.57. The average Bonchev–Trinajstić information content (AvgIpc) is 2.77. The summed E-state index contributed by atoms with van der Waals surface area (Å²) < 4.78 is 0. The molecule has 3 nitrogen and oxygen atoms in total. The van der Waals surface area contributed by atoms with Gasteiger partial charge in [0.25, 0.3) is 0 Å². The van der Waals surface area contributed by atoms with Gasteiger partial charge in [-0.1, -0.05) is 91.0 Å². The van der Waals surface area contributed by atoms with Gasteiger partial charge in [-0.25, -0.2) is 0 Å². The molecule has 0 bridgehead atoms. The monoisotopic (exact) mass is 389 g/mol. The zero-order valence-corrected chi connectivity index (χ0v) is 16.9. The molecule has 2 N–H and O–H groups in total. The molecule has 0 unspecified atom stereocenters. The zero-order chi connectivity index (χ0) is 20.3. The second kappa shape index (κ2) is 11.5. The van der Waals surface area contributed by atoms with E-state index < -0.39 is 6.10 Å². The van der Waals surface area contributed by atoms with Crippen LogP contribution in [0.1, 0.15) is 29.5 Å². The lowest BCUT2D eigenvalue weighted by Crippen LogP contribution is -2.44. The summed E-state index contributed by atoms with van der Waals surface area (Å²) in [5, 5.41) is 20.3. The Morgan fingerprint density at radius 2 is 1.10 bits per heavy atom. The Morgan fingerprint density at radius 3 is 1.55 bits per heavy atom. The van der Waals surface area contributed by atoms with Crippen molar-refractivity contribution in [2.75, 3.05) is 6.61 Å². The van der Waals surface area contributed by atoms with Crippen molar-refractivity contribution in [1.29, 1.82) is 0 Å². The smallest absolute Gasteiger partial charge is 0.0699 e. The summed E-state index contributed by atoms with van der Waals surface area (Å²) in [6.07, 6.45) is 1.47.